The Labute approximate surface area is 132 Å². The first-order valence-corrected chi connectivity index (χ1v) is 7.40. The van der Waals surface area contributed by atoms with Gasteiger partial charge < -0.3 is 14.6 Å². The molecule has 0 aliphatic heterocycles. The molecule has 112 valence electrons. The Kier molecular flexibility index (Phi) is 5.20. The Balaban J connectivity index is 2.20. The number of aromatic nitrogens is 1. The topological polar surface area (TPSA) is 51.6 Å². The van der Waals surface area contributed by atoms with Crippen molar-refractivity contribution in [2.45, 2.75) is 26.6 Å². The number of rotatable bonds is 5. The largest absolute Gasteiger partial charge is 0.497 e. The number of hydrogen-bond acceptors (Lipinski definition) is 4. The van der Waals surface area contributed by atoms with Crippen molar-refractivity contribution < 1.29 is 14.6 Å². The molecule has 4 nitrogen and oxygen atoms in total. The van der Waals surface area contributed by atoms with Crippen molar-refractivity contribution in [1.29, 1.82) is 0 Å². The number of benzene rings is 1. The van der Waals surface area contributed by atoms with Gasteiger partial charge in [-0.15, -0.1) is 0 Å². The van der Waals surface area contributed by atoms with Crippen LogP contribution in [0.5, 0.6) is 11.5 Å². The van der Waals surface area contributed by atoms with Gasteiger partial charge in [-0.25, -0.2) is 0 Å². The van der Waals surface area contributed by atoms with Gasteiger partial charge in [0.15, 0.2) is 0 Å². The van der Waals surface area contributed by atoms with E-state index in [4.69, 9.17) is 9.47 Å². The van der Waals surface area contributed by atoms with Gasteiger partial charge in [0.25, 0.3) is 0 Å². The van der Waals surface area contributed by atoms with E-state index in [0.29, 0.717) is 12.4 Å². The molecule has 0 radical (unpaired) electrons. The Hall–Kier alpha value is -1.59. The highest BCUT2D eigenvalue weighted by molar-refractivity contribution is 9.10. The van der Waals surface area contributed by atoms with E-state index in [1.807, 2.05) is 37.3 Å². The highest BCUT2D eigenvalue weighted by Crippen LogP contribution is 2.29. The predicted molar refractivity (Wildman–Crippen MR) is 84.6 cm³/mol. The molecule has 0 unspecified atom stereocenters. The van der Waals surface area contributed by atoms with Crippen LogP contribution in [0.15, 0.2) is 34.8 Å². The van der Waals surface area contributed by atoms with Gasteiger partial charge >= 0.3 is 0 Å². The molecule has 1 N–H and O–H groups in total. The van der Waals surface area contributed by atoms with Crippen LogP contribution in [0.25, 0.3) is 0 Å². The first-order valence-electron chi connectivity index (χ1n) is 6.61. The maximum atomic E-state index is 9.79. The van der Waals surface area contributed by atoms with Crippen LogP contribution < -0.4 is 9.47 Å². The van der Waals surface area contributed by atoms with E-state index in [-0.39, 0.29) is 0 Å². The molecule has 1 atom stereocenters. The van der Waals surface area contributed by atoms with Crippen LogP contribution in [0, 0.1) is 6.92 Å². The van der Waals surface area contributed by atoms with Gasteiger partial charge in [0.2, 0.25) is 0 Å². The summed E-state index contributed by atoms with van der Waals surface area (Å²) in [4.78, 5) is 4.41. The fraction of sp³-hybridized carbons (Fsp3) is 0.312. The smallest absolute Gasteiger partial charge is 0.130 e. The molecular weight excluding hydrogens is 334 g/mol. The van der Waals surface area contributed by atoms with Crippen molar-refractivity contribution in [3.05, 3.63) is 51.8 Å². The molecule has 0 spiro atoms. The summed E-state index contributed by atoms with van der Waals surface area (Å²) >= 11 is 3.41. The van der Waals surface area contributed by atoms with Crippen LogP contribution in [0.1, 0.15) is 30.0 Å². The fourth-order valence-electron chi connectivity index (χ4n) is 2.02. The normalized spacial score (nSPS) is 12.0. The Bertz CT molecular complexity index is 629. The number of aliphatic hydroxyl groups excluding tert-OH is 1. The van der Waals surface area contributed by atoms with Gasteiger partial charge in [-0.3, -0.25) is 4.98 Å². The minimum absolute atomic E-state index is 0.314. The number of halogens is 1. The van der Waals surface area contributed by atoms with E-state index in [2.05, 4.69) is 20.9 Å². The van der Waals surface area contributed by atoms with Crippen LogP contribution in [0.4, 0.5) is 0 Å². The molecule has 0 saturated carbocycles. The molecule has 0 saturated heterocycles. The summed E-state index contributed by atoms with van der Waals surface area (Å²) in [6.45, 7) is 3.94. The minimum Gasteiger partial charge on any atom is -0.497 e. The van der Waals surface area contributed by atoms with E-state index in [9.17, 15) is 5.11 Å². The lowest BCUT2D eigenvalue weighted by Gasteiger charge is -2.14. The molecule has 2 aromatic rings. The maximum Gasteiger partial charge on any atom is 0.130 e. The van der Waals surface area contributed by atoms with Crippen molar-refractivity contribution in [3.8, 4) is 11.5 Å². The molecule has 0 aliphatic rings. The number of nitrogens with zero attached hydrogens (tertiary/aromatic N) is 1. The third-order valence-electron chi connectivity index (χ3n) is 3.02. The number of aliphatic hydroxyl groups is 1. The summed E-state index contributed by atoms with van der Waals surface area (Å²) in [5, 5.41) is 9.79. The summed E-state index contributed by atoms with van der Waals surface area (Å²) < 4.78 is 11.9. The highest BCUT2D eigenvalue weighted by Gasteiger charge is 2.10. The fourth-order valence-corrected chi connectivity index (χ4v) is 2.36. The zero-order valence-electron chi connectivity index (χ0n) is 12.3. The van der Waals surface area contributed by atoms with Crippen molar-refractivity contribution in [2.24, 2.45) is 0 Å². The average Bonchev–Trinajstić information content (AvgIpc) is 2.44. The van der Waals surface area contributed by atoms with Crippen LogP contribution >= 0.6 is 15.9 Å². The van der Waals surface area contributed by atoms with Crippen LogP contribution in [-0.2, 0) is 6.61 Å². The van der Waals surface area contributed by atoms with E-state index in [0.717, 1.165) is 27.2 Å². The second-order valence-electron chi connectivity index (χ2n) is 4.79. The molecule has 0 amide bonds. The summed E-state index contributed by atoms with van der Waals surface area (Å²) in [7, 11) is 1.62. The van der Waals surface area contributed by atoms with E-state index < -0.39 is 6.10 Å². The minimum atomic E-state index is -0.590. The van der Waals surface area contributed by atoms with E-state index in [1.54, 1.807) is 14.0 Å². The lowest BCUT2D eigenvalue weighted by Crippen LogP contribution is -2.03. The van der Waals surface area contributed by atoms with Crippen molar-refractivity contribution >= 4 is 15.9 Å². The number of methoxy groups -OCH3 is 1. The standard InChI is InChI=1S/C16H18BrNO3/c1-10-6-14(20-3)8-13(18-10)9-21-16-7-12(17)4-5-15(16)11(2)19/h4-8,11,19H,9H2,1-3H3/t11-/m1/s1. The number of aryl methyl sites for hydroxylation is 1. The Morgan fingerprint density at radius 1 is 1.29 bits per heavy atom. The number of pyridine rings is 1. The van der Waals surface area contributed by atoms with Gasteiger partial charge in [0.1, 0.15) is 18.1 Å². The summed E-state index contributed by atoms with van der Waals surface area (Å²) in [5.41, 5.74) is 2.40. The molecule has 1 aromatic carbocycles. The molecule has 21 heavy (non-hydrogen) atoms. The quantitative estimate of drug-likeness (QED) is 0.890. The van der Waals surface area contributed by atoms with E-state index in [1.165, 1.54) is 0 Å². The Morgan fingerprint density at radius 2 is 2.05 bits per heavy atom. The third kappa shape index (κ3) is 4.19. The van der Waals surface area contributed by atoms with Crippen molar-refractivity contribution in [1.82, 2.24) is 4.98 Å². The molecule has 0 bridgehead atoms. The zero-order valence-corrected chi connectivity index (χ0v) is 13.8. The monoisotopic (exact) mass is 351 g/mol. The molecule has 0 aliphatic carbocycles. The van der Waals surface area contributed by atoms with Gasteiger partial charge in [-0.05, 0) is 26.0 Å². The zero-order chi connectivity index (χ0) is 15.4. The van der Waals surface area contributed by atoms with Gasteiger partial charge in [0, 0.05) is 27.9 Å². The second-order valence-corrected chi connectivity index (χ2v) is 5.70. The highest BCUT2D eigenvalue weighted by atomic mass is 79.9. The van der Waals surface area contributed by atoms with E-state index >= 15 is 0 Å². The lowest BCUT2D eigenvalue weighted by atomic mass is 10.1. The first kappa shape index (κ1) is 15.8. The van der Waals surface area contributed by atoms with Crippen LogP contribution in [-0.4, -0.2) is 17.2 Å². The predicted octanol–water partition coefficient (Wildman–Crippen LogP) is 3.79. The van der Waals surface area contributed by atoms with Crippen LogP contribution in [0.2, 0.25) is 0 Å². The van der Waals surface area contributed by atoms with Gasteiger partial charge in [-0.1, -0.05) is 22.0 Å². The SMILES string of the molecule is COc1cc(C)nc(COc2cc(Br)ccc2[C@@H](C)O)c1. The summed E-state index contributed by atoms with van der Waals surface area (Å²) in [6.07, 6.45) is -0.590. The molecule has 2 rings (SSSR count). The summed E-state index contributed by atoms with van der Waals surface area (Å²) in [5.74, 6) is 1.40. The van der Waals surface area contributed by atoms with Crippen molar-refractivity contribution in [2.75, 3.05) is 7.11 Å². The molecule has 5 heteroatoms. The number of ether oxygens (including phenoxy) is 2. The first-order chi connectivity index (χ1) is 9.99. The van der Waals surface area contributed by atoms with Crippen molar-refractivity contribution in [3.63, 3.8) is 0 Å². The van der Waals surface area contributed by atoms with Crippen LogP contribution in [0.3, 0.4) is 0 Å². The van der Waals surface area contributed by atoms with Gasteiger partial charge in [-0.2, -0.15) is 0 Å². The average molecular weight is 352 g/mol. The summed E-state index contributed by atoms with van der Waals surface area (Å²) in [6, 6.07) is 9.27. The molecule has 0 fully saturated rings. The molecular formula is C16H18BrNO3. The Morgan fingerprint density at radius 3 is 2.71 bits per heavy atom. The molecule has 1 aromatic heterocycles. The third-order valence-corrected chi connectivity index (χ3v) is 3.51. The van der Waals surface area contributed by atoms with Gasteiger partial charge in [0.05, 0.1) is 18.9 Å². The molecule has 1 heterocycles. The maximum absolute atomic E-state index is 9.79. The number of hydrogen-bond donors (Lipinski definition) is 1. The second kappa shape index (κ2) is 6.91. The lowest BCUT2D eigenvalue weighted by molar-refractivity contribution is 0.189.